The lowest BCUT2D eigenvalue weighted by Gasteiger charge is -2.19. The highest BCUT2D eigenvalue weighted by Crippen LogP contribution is 2.20. The van der Waals surface area contributed by atoms with Crippen LogP contribution in [0, 0.1) is 13.8 Å². The highest BCUT2D eigenvalue weighted by Gasteiger charge is 2.19. The highest BCUT2D eigenvalue weighted by molar-refractivity contribution is 7.80. The van der Waals surface area contributed by atoms with Crippen molar-refractivity contribution in [3.8, 4) is 0 Å². The van der Waals surface area contributed by atoms with E-state index in [0.29, 0.717) is 5.11 Å². The van der Waals surface area contributed by atoms with E-state index >= 15 is 0 Å². The van der Waals surface area contributed by atoms with Gasteiger partial charge < -0.3 is 15.2 Å². The Balaban J connectivity index is 1.68. The van der Waals surface area contributed by atoms with Crippen LogP contribution in [0.5, 0.6) is 0 Å². The van der Waals surface area contributed by atoms with Crippen molar-refractivity contribution in [2.24, 2.45) is 0 Å². The minimum absolute atomic E-state index is 0.0227. The second kappa shape index (κ2) is 7.30. The topological polar surface area (TPSA) is 54.8 Å². The molecule has 1 aliphatic rings. The zero-order valence-corrected chi connectivity index (χ0v) is 15.4. The van der Waals surface area contributed by atoms with E-state index < -0.39 is 0 Å². The Morgan fingerprint density at radius 2 is 2.04 bits per heavy atom. The van der Waals surface area contributed by atoms with Gasteiger partial charge in [0, 0.05) is 18.7 Å². The van der Waals surface area contributed by atoms with E-state index in [0.717, 1.165) is 30.3 Å². The number of anilines is 1. The number of nitrogens with zero attached hydrogens (tertiary/aromatic N) is 3. The third-order valence-electron chi connectivity index (χ3n) is 4.73. The molecular weight excluding hydrogens is 318 g/mol. The van der Waals surface area contributed by atoms with E-state index in [-0.39, 0.29) is 6.04 Å². The van der Waals surface area contributed by atoms with E-state index in [1.165, 1.54) is 30.4 Å². The minimum atomic E-state index is 0.0227. The molecule has 24 heavy (non-hydrogen) atoms. The van der Waals surface area contributed by atoms with E-state index in [1.54, 1.807) is 0 Å². The van der Waals surface area contributed by atoms with Crippen molar-refractivity contribution in [3.63, 3.8) is 0 Å². The van der Waals surface area contributed by atoms with Gasteiger partial charge in [0.15, 0.2) is 10.9 Å². The molecule has 1 aromatic heterocycles. The van der Waals surface area contributed by atoms with Gasteiger partial charge in [0.25, 0.3) is 0 Å². The molecule has 0 spiro atoms. The van der Waals surface area contributed by atoms with Crippen LogP contribution in [0.3, 0.4) is 0 Å². The molecule has 0 unspecified atom stereocenters. The molecule has 3 rings (SSSR count). The zero-order valence-electron chi connectivity index (χ0n) is 14.6. The van der Waals surface area contributed by atoms with Crippen LogP contribution in [0.2, 0.25) is 0 Å². The van der Waals surface area contributed by atoms with Gasteiger partial charge in [-0.05, 0) is 63.0 Å². The lowest BCUT2D eigenvalue weighted by atomic mass is 10.1. The summed E-state index contributed by atoms with van der Waals surface area (Å²) < 4.78 is 2.26. The Hall–Kier alpha value is -1.95. The number of nitrogens with one attached hydrogen (secondary N) is 2. The van der Waals surface area contributed by atoms with Gasteiger partial charge in [-0.2, -0.15) is 0 Å². The summed E-state index contributed by atoms with van der Waals surface area (Å²) in [4.78, 5) is 0. The highest BCUT2D eigenvalue weighted by atomic mass is 32.1. The number of fused-ring (bicyclic) bond motifs is 1. The van der Waals surface area contributed by atoms with Crippen molar-refractivity contribution < 1.29 is 0 Å². The Bertz CT molecular complexity index is 737. The molecule has 2 aromatic rings. The van der Waals surface area contributed by atoms with Crippen LogP contribution >= 0.6 is 12.2 Å². The van der Waals surface area contributed by atoms with Gasteiger partial charge in [-0.25, -0.2) is 0 Å². The maximum Gasteiger partial charge on any atom is 0.171 e. The Kier molecular flexibility index (Phi) is 5.14. The lowest BCUT2D eigenvalue weighted by Crippen LogP contribution is -2.32. The van der Waals surface area contributed by atoms with E-state index in [2.05, 4.69) is 52.2 Å². The van der Waals surface area contributed by atoms with Crippen LogP contribution < -0.4 is 10.6 Å². The Morgan fingerprint density at radius 3 is 2.88 bits per heavy atom. The second-order valence-electron chi connectivity index (χ2n) is 6.50. The predicted octanol–water partition coefficient (Wildman–Crippen LogP) is 3.67. The molecule has 0 bridgehead atoms. The summed E-state index contributed by atoms with van der Waals surface area (Å²) >= 11 is 5.49. The molecule has 0 amide bonds. The quantitative estimate of drug-likeness (QED) is 0.833. The Morgan fingerprint density at radius 1 is 1.21 bits per heavy atom. The van der Waals surface area contributed by atoms with Crippen LogP contribution in [0.4, 0.5) is 5.69 Å². The first-order chi connectivity index (χ1) is 11.6. The molecule has 2 N–H and O–H groups in total. The van der Waals surface area contributed by atoms with E-state index in [9.17, 15) is 0 Å². The van der Waals surface area contributed by atoms with Crippen LogP contribution in [0.25, 0.3) is 0 Å². The SMILES string of the molecule is Cc1cccc(NC(=S)N[C@@H](C)c2nnc3n2CCCCC3)c1C. The van der Waals surface area contributed by atoms with Crippen molar-refractivity contribution in [1.82, 2.24) is 20.1 Å². The molecular formula is C18H25N5S. The molecule has 0 saturated carbocycles. The summed E-state index contributed by atoms with van der Waals surface area (Å²) in [7, 11) is 0. The largest absolute Gasteiger partial charge is 0.353 e. The number of aryl methyl sites for hydroxylation is 2. The first-order valence-corrected chi connectivity index (χ1v) is 9.03. The third kappa shape index (κ3) is 3.59. The zero-order chi connectivity index (χ0) is 17.1. The number of hydrogen-bond acceptors (Lipinski definition) is 3. The maximum atomic E-state index is 5.49. The predicted molar refractivity (Wildman–Crippen MR) is 101 cm³/mol. The fraction of sp³-hybridized carbons (Fsp3) is 0.500. The molecule has 128 valence electrons. The summed E-state index contributed by atoms with van der Waals surface area (Å²) in [6, 6.07) is 6.21. The summed E-state index contributed by atoms with van der Waals surface area (Å²) in [6.45, 7) is 7.29. The van der Waals surface area contributed by atoms with Crippen LogP contribution in [0.15, 0.2) is 18.2 Å². The van der Waals surface area contributed by atoms with Crippen molar-refractivity contribution in [1.29, 1.82) is 0 Å². The van der Waals surface area contributed by atoms with Crippen LogP contribution in [0.1, 0.15) is 55.0 Å². The number of hydrogen-bond donors (Lipinski definition) is 2. The van der Waals surface area contributed by atoms with E-state index in [4.69, 9.17) is 12.2 Å². The lowest BCUT2D eigenvalue weighted by molar-refractivity contribution is 0.559. The molecule has 1 atom stereocenters. The number of benzene rings is 1. The van der Waals surface area contributed by atoms with Gasteiger partial charge in [-0.1, -0.05) is 18.6 Å². The van der Waals surface area contributed by atoms with Crippen molar-refractivity contribution in [2.45, 2.75) is 59.0 Å². The molecule has 2 heterocycles. The van der Waals surface area contributed by atoms with Crippen LogP contribution in [-0.4, -0.2) is 19.9 Å². The average Bonchev–Trinajstić information content (AvgIpc) is 2.81. The summed E-state index contributed by atoms with van der Waals surface area (Å²) in [6.07, 6.45) is 4.67. The van der Waals surface area contributed by atoms with Crippen molar-refractivity contribution in [3.05, 3.63) is 41.0 Å². The molecule has 1 aliphatic heterocycles. The monoisotopic (exact) mass is 343 g/mol. The number of aromatic nitrogens is 3. The fourth-order valence-electron chi connectivity index (χ4n) is 3.13. The van der Waals surface area contributed by atoms with Crippen molar-refractivity contribution >= 4 is 23.0 Å². The number of thiocarbonyl (C=S) groups is 1. The molecule has 0 fully saturated rings. The Labute approximate surface area is 148 Å². The molecule has 6 heteroatoms. The van der Waals surface area contributed by atoms with Gasteiger partial charge >= 0.3 is 0 Å². The van der Waals surface area contributed by atoms with Crippen molar-refractivity contribution in [2.75, 3.05) is 5.32 Å². The molecule has 5 nitrogen and oxygen atoms in total. The fourth-order valence-corrected chi connectivity index (χ4v) is 3.42. The van der Waals surface area contributed by atoms with Gasteiger partial charge in [0.2, 0.25) is 0 Å². The standard InChI is InChI=1S/C18H25N5S/c1-12-8-7-9-15(13(12)2)20-18(24)19-14(3)17-22-21-16-10-5-4-6-11-23(16)17/h7-9,14H,4-6,10-11H2,1-3H3,(H2,19,20,24)/t14-/m0/s1. The van der Waals surface area contributed by atoms with Gasteiger partial charge in [0.1, 0.15) is 5.82 Å². The first kappa shape index (κ1) is 16.9. The van der Waals surface area contributed by atoms with Gasteiger partial charge in [0.05, 0.1) is 6.04 Å². The summed E-state index contributed by atoms with van der Waals surface area (Å²) in [5.74, 6) is 2.07. The van der Waals surface area contributed by atoms with Crippen LogP contribution in [-0.2, 0) is 13.0 Å². The first-order valence-electron chi connectivity index (χ1n) is 8.62. The summed E-state index contributed by atoms with van der Waals surface area (Å²) in [5.41, 5.74) is 3.50. The normalized spacial score (nSPS) is 15.3. The molecule has 0 saturated heterocycles. The molecule has 0 aliphatic carbocycles. The molecule has 1 aromatic carbocycles. The smallest absolute Gasteiger partial charge is 0.171 e. The third-order valence-corrected chi connectivity index (χ3v) is 4.95. The summed E-state index contributed by atoms with van der Waals surface area (Å²) in [5, 5.41) is 16.0. The molecule has 0 radical (unpaired) electrons. The van der Waals surface area contributed by atoms with E-state index in [1.807, 2.05) is 12.1 Å². The average molecular weight is 344 g/mol. The second-order valence-corrected chi connectivity index (χ2v) is 6.91. The number of rotatable bonds is 3. The van der Waals surface area contributed by atoms with Gasteiger partial charge in [-0.15, -0.1) is 10.2 Å². The maximum absolute atomic E-state index is 5.49. The van der Waals surface area contributed by atoms with Gasteiger partial charge in [-0.3, -0.25) is 0 Å². The minimum Gasteiger partial charge on any atom is -0.353 e.